The summed E-state index contributed by atoms with van der Waals surface area (Å²) in [6.07, 6.45) is 3.31. The van der Waals surface area contributed by atoms with Gasteiger partial charge in [-0.3, -0.25) is 19.5 Å². The predicted molar refractivity (Wildman–Crippen MR) is 104 cm³/mol. The zero-order valence-corrected chi connectivity index (χ0v) is 16.0. The summed E-state index contributed by atoms with van der Waals surface area (Å²) in [5, 5.41) is 22.9. The summed E-state index contributed by atoms with van der Waals surface area (Å²) in [6.45, 7) is 2.44. The minimum absolute atomic E-state index is 0.0109. The maximum absolute atomic E-state index is 12.5. The van der Waals surface area contributed by atoms with Crippen LogP contribution in [0.3, 0.4) is 0 Å². The Morgan fingerprint density at radius 3 is 2.63 bits per heavy atom. The molecule has 0 aliphatic rings. The van der Waals surface area contributed by atoms with Crippen molar-refractivity contribution < 1.29 is 23.7 Å². The van der Waals surface area contributed by atoms with Gasteiger partial charge in [0.05, 0.1) is 4.92 Å². The number of aryl methyl sites for hydroxylation is 2. The summed E-state index contributed by atoms with van der Waals surface area (Å²) in [5.41, 5.74) is 0.418. The maximum atomic E-state index is 12.5. The lowest BCUT2D eigenvalue weighted by Crippen LogP contribution is -2.21. The SMILES string of the molecule is Cc1ccc(NC(=O)COC(=O)c2c(C)oc(-n3cccc3)c2C#N)cc1[N+](=O)[O-]. The third-order valence-corrected chi connectivity index (χ3v) is 4.24. The largest absolute Gasteiger partial charge is 0.452 e. The highest BCUT2D eigenvalue weighted by Crippen LogP contribution is 2.26. The summed E-state index contributed by atoms with van der Waals surface area (Å²) >= 11 is 0. The Morgan fingerprint density at radius 1 is 1.30 bits per heavy atom. The number of nitriles is 1. The smallest absolute Gasteiger partial charge is 0.343 e. The number of benzene rings is 1. The molecule has 0 spiro atoms. The minimum Gasteiger partial charge on any atom is -0.452 e. The fourth-order valence-electron chi connectivity index (χ4n) is 2.82. The Morgan fingerprint density at radius 2 is 2.00 bits per heavy atom. The van der Waals surface area contributed by atoms with E-state index in [0.717, 1.165) is 0 Å². The van der Waals surface area contributed by atoms with Crippen molar-refractivity contribution in [2.24, 2.45) is 0 Å². The summed E-state index contributed by atoms with van der Waals surface area (Å²) in [5.74, 6) is -1.23. The highest BCUT2D eigenvalue weighted by molar-refractivity contribution is 5.98. The number of esters is 1. The van der Waals surface area contributed by atoms with Crippen LogP contribution in [-0.2, 0) is 9.53 Å². The molecule has 0 fully saturated rings. The lowest BCUT2D eigenvalue weighted by molar-refractivity contribution is -0.385. The standard InChI is InChI=1S/C20H16N4O6/c1-12-5-6-14(9-16(12)24(27)28)22-17(25)11-29-20(26)18-13(2)30-19(15(18)10-21)23-7-3-4-8-23/h3-9H,11H2,1-2H3,(H,22,25). The van der Waals surface area contributed by atoms with Crippen LogP contribution < -0.4 is 5.32 Å². The molecule has 1 aromatic carbocycles. The molecule has 10 nitrogen and oxygen atoms in total. The summed E-state index contributed by atoms with van der Waals surface area (Å²) in [4.78, 5) is 35.0. The lowest BCUT2D eigenvalue weighted by atomic mass is 10.1. The number of amides is 1. The van der Waals surface area contributed by atoms with E-state index in [1.807, 2.05) is 6.07 Å². The van der Waals surface area contributed by atoms with Gasteiger partial charge in [0.15, 0.2) is 6.61 Å². The first kappa shape index (κ1) is 20.3. The van der Waals surface area contributed by atoms with Crippen molar-refractivity contribution in [1.29, 1.82) is 5.26 Å². The van der Waals surface area contributed by atoms with E-state index in [-0.39, 0.29) is 34.1 Å². The minimum atomic E-state index is -0.892. The van der Waals surface area contributed by atoms with E-state index in [0.29, 0.717) is 5.56 Å². The lowest BCUT2D eigenvalue weighted by Gasteiger charge is -2.07. The van der Waals surface area contributed by atoms with E-state index in [1.165, 1.54) is 25.1 Å². The van der Waals surface area contributed by atoms with Gasteiger partial charge in [0.1, 0.15) is 23.0 Å². The topological polar surface area (TPSA) is 140 Å². The molecule has 1 N–H and O–H groups in total. The molecule has 0 radical (unpaired) electrons. The quantitative estimate of drug-likeness (QED) is 0.375. The van der Waals surface area contributed by atoms with E-state index >= 15 is 0 Å². The first-order valence-corrected chi connectivity index (χ1v) is 8.70. The molecule has 3 rings (SSSR count). The second-order valence-electron chi connectivity index (χ2n) is 6.30. The van der Waals surface area contributed by atoms with Crippen LogP contribution in [0.15, 0.2) is 47.1 Å². The van der Waals surface area contributed by atoms with Crippen LogP contribution in [0.25, 0.3) is 5.88 Å². The summed E-state index contributed by atoms with van der Waals surface area (Å²) in [6, 6.07) is 9.60. The number of nitro groups is 1. The van der Waals surface area contributed by atoms with Crippen molar-refractivity contribution in [3.05, 3.63) is 75.3 Å². The van der Waals surface area contributed by atoms with Crippen molar-refractivity contribution >= 4 is 23.3 Å². The van der Waals surface area contributed by atoms with E-state index in [1.54, 1.807) is 36.0 Å². The van der Waals surface area contributed by atoms with Crippen LogP contribution in [0.1, 0.15) is 27.2 Å². The number of carbonyl (C=O) groups is 2. The molecule has 0 aliphatic heterocycles. The zero-order chi connectivity index (χ0) is 21.8. The number of anilines is 1. The van der Waals surface area contributed by atoms with Crippen molar-refractivity contribution in [3.63, 3.8) is 0 Å². The average molecular weight is 408 g/mol. The third kappa shape index (κ3) is 4.05. The van der Waals surface area contributed by atoms with Gasteiger partial charge in [-0.15, -0.1) is 0 Å². The molecule has 1 amide bonds. The first-order valence-electron chi connectivity index (χ1n) is 8.70. The van der Waals surface area contributed by atoms with Crippen LogP contribution in [-0.4, -0.2) is 28.0 Å². The van der Waals surface area contributed by atoms with Gasteiger partial charge in [-0.1, -0.05) is 6.07 Å². The van der Waals surface area contributed by atoms with E-state index in [9.17, 15) is 25.0 Å². The average Bonchev–Trinajstić information content (AvgIpc) is 3.34. The molecule has 0 atom stereocenters. The third-order valence-electron chi connectivity index (χ3n) is 4.24. The number of nitrogens with zero attached hydrogens (tertiary/aromatic N) is 3. The maximum Gasteiger partial charge on any atom is 0.343 e. The van der Waals surface area contributed by atoms with Crippen molar-refractivity contribution in [2.75, 3.05) is 11.9 Å². The Labute approximate surface area is 170 Å². The number of aromatic nitrogens is 1. The van der Waals surface area contributed by atoms with E-state index in [4.69, 9.17) is 9.15 Å². The Hall–Kier alpha value is -4.39. The number of furan rings is 1. The Kier molecular flexibility index (Phi) is 5.64. The number of nitrogens with one attached hydrogen (secondary N) is 1. The van der Waals surface area contributed by atoms with Crippen LogP contribution in [0.5, 0.6) is 0 Å². The predicted octanol–water partition coefficient (Wildman–Crippen LogP) is 3.26. The highest BCUT2D eigenvalue weighted by atomic mass is 16.6. The second kappa shape index (κ2) is 8.32. The number of ether oxygens (including phenoxy) is 1. The fraction of sp³-hybridized carbons (Fsp3) is 0.150. The molecular weight excluding hydrogens is 392 g/mol. The van der Waals surface area contributed by atoms with E-state index < -0.39 is 23.4 Å². The number of rotatable bonds is 6. The molecule has 30 heavy (non-hydrogen) atoms. The molecule has 152 valence electrons. The second-order valence-corrected chi connectivity index (χ2v) is 6.30. The van der Waals surface area contributed by atoms with Gasteiger partial charge in [-0.2, -0.15) is 5.26 Å². The van der Waals surface area contributed by atoms with Gasteiger partial charge >= 0.3 is 5.97 Å². The van der Waals surface area contributed by atoms with Crippen LogP contribution in [0.2, 0.25) is 0 Å². The first-order chi connectivity index (χ1) is 14.3. The van der Waals surface area contributed by atoms with Gasteiger partial charge in [0.25, 0.3) is 11.6 Å². The summed E-state index contributed by atoms with van der Waals surface area (Å²) in [7, 11) is 0. The van der Waals surface area contributed by atoms with Crippen LogP contribution >= 0.6 is 0 Å². The van der Waals surface area contributed by atoms with E-state index in [2.05, 4.69) is 5.32 Å². The molecule has 0 aliphatic carbocycles. The molecule has 0 unspecified atom stereocenters. The van der Waals surface area contributed by atoms with Crippen LogP contribution in [0.4, 0.5) is 11.4 Å². The van der Waals surface area contributed by atoms with Crippen molar-refractivity contribution in [1.82, 2.24) is 4.57 Å². The number of carbonyl (C=O) groups excluding carboxylic acids is 2. The van der Waals surface area contributed by atoms with Gasteiger partial charge in [-0.25, -0.2) is 4.79 Å². The normalized spacial score (nSPS) is 10.3. The molecule has 0 saturated carbocycles. The van der Waals surface area contributed by atoms with Gasteiger partial charge < -0.3 is 14.5 Å². The van der Waals surface area contributed by atoms with Gasteiger partial charge in [0.2, 0.25) is 5.88 Å². The molecule has 0 saturated heterocycles. The Balaban J connectivity index is 1.71. The molecular formula is C20H16N4O6. The van der Waals surface area contributed by atoms with Gasteiger partial charge in [0, 0.05) is 29.7 Å². The zero-order valence-electron chi connectivity index (χ0n) is 16.0. The Bertz CT molecular complexity index is 1170. The number of hydrogen-bond acceptors (Lipinski definition) is 7. The number of nitro benzene ring substituents is 1. The molecule has 0 bridgehead atoms. The number of hydrogen-bond donors (Lipinski definition) is 1. The van der Waals surface area contributed by atoms with Gasteiger partial charge in [-0.05, 0) is 32.0 Å². The molecule has 2 heterocycles. The van der Waals surface area contributed by atoms with Crippen molar-refractivity contribution in [2.45, 2.75) is 13.8 Å². The molecule has 3 aromatic rings. The molecule has 10 heteroatoms. The fourth-order valence-corrected chi connectivity index (χ4v) is 2.82. The summed E-state index contributed by atoms with van der Waals surface area (Å²) < 4.78 is 12.1. The monoisotopic (exact) mass is 408 g/mol. The van der Waals surface area contributed by atoms with Crippen molar-refractivity contribution in [3.8, 4) is 12.0 Å². The molecule has 2 aromatic heterocycles. The van der Waals surface area contributed by atoms with Crippen LogP contribution in [0, 0.1) is 35.3 Å². The highest BCUT2D eigenvalue weighted by Gasteiger charge is 2.26.